The molecule has 0 aliphatic heterocycles. The number of hydrogen-bond donors (Lipinski definition) is 1. The van der Waals surface area contributed by atoms with Crippen LogP contribution < -0.4 is 11.0 Å². The number of nitrogens with zero attached hydrogens (tertiary/aromatic N) is 2. The summed E-state index contributed by atoms with van der Waals surface area (Å²) in [6.07, 6.45) is 6.10. The molecule has 1 aromatic carbocycles. The molecule has 0 bridgehead atoms. The lowest BCUT2D eigenvalue weighted by Crippen LogP contribution is -2.30. The summed E-state index contributed by atoms with van der Waals surface area (Å²) in [4.78, 5) is 12.3. The van der Waals surface area contributed by atoms with E-state index in [-0.39, 0.29) is 11.7 Å². The summed E-state index contributed by atoms with van der Waals surface area (Å²) in [5.41, 5.74) is 2.61. The average Bonchev–Trinajstić information content (AvgIpc) is 3.23. The van der Waals surface area contributed by atoms with E-state index in [9.17, 15) is 4.79 Å². The molecule has 1 unspecified atom stereocenters. The van der Waals surface area contributed by atoms with Gasteiger partial charge in [-0.1, -0.05) is 24.3 Å². The van der Waals surface area contributed by atoms with Crippen molar-refractivity contribution >= 4 is 0 Å². The van der Waals surface area contributed by atoms with Crippen molar-refractivity contribution < 1.29 is 0 Å². The van der Waals surface area contributed by atoms with Crippen LogP contribution in [0, 0.1) is 6.92 Å². The Kier molecular flexibility index (Phi) is 3.49. The molecule has 1 fully saturated rings. The molecule has 0 radical (unpaired) electrons. The van der Waals surface area contributed by atoms with Gasteiger partial charge < -0.3 is 5.32 Å². The minimum atomic E-state index is 0.112. The molecule has 0 spiro atoms. The summed E-state index contributed by atoms with van der Waals surface area (Å²) < 4.78 is 3.68. The first kappa shape index (κ1) is 13.2. The first-order valence-corrected chi connectivity index (χ1v) is 7.20. The Hall–Kier alpha value is -1.81. The second kappa shape index (κ2) is 5.29. The minimum absolute atomic E-state index is 0.112. The normalized spacial score (nSPS) is 16.3. The van der Waals surface area contributed by atoms with Crippen molar-refractivity contribution in [2.24, 2.45) is 0 Å². The predicted octanol–water partition coefficient (Wildman–Crippen LogP) is 2.25. The zero-order valence-electron chi connectivity index (χ0n) is 12.0. The number of nitrogens with one attached hydrogen (secondary N) is 1. The van der Waals surface area contributed by atoms with Gasteiger partial charge >= 0.3 is 5.69 Å². The lowest BCUT2D eigenvalue weighted by atomic mass is 10.0. The highest BCUT2D eigenvalue weighted by Crippen LogP contribution is 2.33. The van der Waals surface area contributed by atoms with E-state index in [0.717, 1.165) is 12.8 Å². The van der Waals surface area contributed by atoms with Gasteiger partial charge in [0, 0.05) is 25.0 Å². The molecule has 1 aliphatic rings. The summed E-state index contributed by atoms with van der Waals surface area (Å²) in [6, 6.07) is 8.92. The molecule has 0 saturated heterocycles. The number of rotatable bonds is 5. The van der Waals surface area contributed by atoms with Crippen molar-refractivity contribution in [3.63, 3.8) is 0 Å². The van der Waals surface area contributed by atoms with Crippen LogP contribution in [0.3, 0.4) is 0 Å². The maximum Gasteiger partial charge on any atom is 0.328 e. The fourth-order valence-electron chi connectivity index (χ4n) is 2.72. The highest BCUT2D eigenvalue weighted by Gasteiger charge is 2.26. The summed E-state index contributed by atoms with van der Waals surface area (Å²) >= 11 is 0. The van der Waals surface area contributed by atoms with Crippen LogP contribution in [0.1, 0.15) is 36.1 Å². The van der Waals surface area contributed by atoms with Gasteiger partial charge in [-0.05, 0) is 37.9 Å². The standard InChI is InChI=1S/C16H21N3O/c1-12-5-3-4-6-14(12)15(17-2)11-18-9-10-19(16(18)20)13-7-8-13/h3-6,9-10,13,15,17H,7-8,11H2,1-2H3. The first-order chi connectivity index (χ1) is 9.70. The molecule has 4 nitrogen and oxygen atoms in total. The molecule has 1 aromatic heterocycles. The summed E-state index contributed by atoms with van der Waals surface area (Å²) in [5.74, 6) is 0. The van der Waals surface area contributed by atoms with Crippen LogP contribution >= 0.6 is 0 Å². The summed E-state index contributed by atoms with van der Waals surface area (Å²) in [5, 5.41) is 3.32. The Morgan fingerprint density at radius 2 is 2.05 bits per heavy atom. The number of benzene rings is 1. The van der Waals surface area contributed by atoms with Gasteiger partial charge in [-0.3, -0.25) is 9.13 Å². The topological polar surface area (TPSA) is 39.0 Å². The fraction of sp³-hybridized carbons (Fsp3) is 0.438. The SMILES string of the molecule is CNC(Cn1ccn(C2CC2)c1=O)c1ccccc1C. The van der Waals surface area contributed by atoms with E-state index in [0.29, 0.717) is 12.6 Å². The molecule has 1 saturated carbocycles. The van der Waals surface area contributed by atoms with E-state index < -0.39 is 0 Å². The maximum atomic E-state index is 12.3. The third kappa shape index (κ3) is 2.43. The van der Waals surface area contributed by atoms with Crippen LogP contribution in [-0.4, -0.2) is 16.2 Å². The zero-order valence-corrected chi connectivity index (χ0v) is 12.0. The van der Waals surface area contributed by atoms with Gasteiger partial charge in [0.15, 0.2) is 0 Å². The van der Waals surface area contributed by atoms with E-state index >= 15 is 0 Å². The molecular weight excluding hydrogens is 250 g/mol. The van der Waals surface area contributed by atoms with Crippen LogP contribution in [0.15, 0.2) is 41.5 Å². The second-order valence-corrected chi connectivity index (χ2v) is 5.57. The van der Waals surface area contributed by atoms with Crippen molar-refractivity contribution in [3.8, 4) is 0 Å². The molecule has 2 aromatic rings. The summed E-state index contributed by atoms with van der Waals surface area (Å²) in [7, 11) is 1.94. The van der Waals surface area contributed by atoms with Crippen molar-refractivity contribution in [1.82, 2.24) is 14.5 Å². The smallest absolute Gasteiger partial charge is 0.312 e. The van der Waals surface area contributed by atoms with Gasteiger partial charge in [0.1, 0.15) is 0 Å². The van der Waals surface area contributed by atoms with Crippen molar-refractivity contribution in [3.05, 3.63) is 58.3 Å². The fourth-order valence-corrected chi connectivity index (χ4v) is 2.72. The molecule has 1 aliphatic carbocycles. The molecule has 0 amide bonds. The number of aromatic nitrogens is 2. The number of aryl methyl sites for hydroxylation is 1. The molecule has 1 atom stereocenters. The Bertz CT molecular complexity index is 652. The maximum absolute atomic E-state index is 12.3. The monoisotopic (exact) mass is 271 g/mol. The average molecular weight is 271 g/mol. The molecule has 20 heavy (non-hydrogen) atoms. The molecule has 1 N–H and O–H groups in total. The molecule has 3 rings (SSSR count). The highest BCUT2D eigenvalue weighted by atomic mass is 16.1. The lowest BCUT2D eigenvalue weighted by Gasteiger charge is -2.19. The van der Waals surface area contributed by atoms with Gasteiger partial charge in [0.05, 0.1) is 6.04 Å². The second-order valence-electron chi connectivity index (χ2n) is 5.57. The van der Waals surface area contributed by atoms with E-state index in [1.165, 1.54) is 11.1 Å². The Balaban J connectivity index is 1.85. The van der Waals surface area contributed by atoms with E-state index in [1.54, 1.807) is 0 Å². The lowest BCUT2D eigenvalue weighted by molar-refractivity contribution is 0.482. The van der Waals surface area contributed by atoms with E-state index in [2.05, 4.69) is 24.4 Å². The molecule has 106 valence electrons. The number of hydrogen-bond acceptors (Lipinski definition) is 2. The Morgan fingerprint density at radius 1 is 1.30 bits per heavy atom. The summed E-state index contributed by atoms with van der Waals surface area (Å²) in [6.45, 7) is 2.78. The minimum Gasteiger partial charge on any atom is -0.312 e. The van der Waals surface area contributed by atoms with Crippen LogP contribution in [-0.2, 0) is 6.54 Å². The zero-order chi connectivity index (χ0) is 14.1. The third-order valence-corrected chi connectivity index (χ3v) is 4.11. The largest absolute Gasteiger partial charge is 0.328 e. The first-order valence-electron chi connectivity index (χ1n) is 7.20. The Labute approximate surface area is 119 Å². The van der Waals surface area contributed by atoms with Crippen molar-refractivity contribution in [2.75, 3.05) is 7.05 Å². The third-order valence-electron chi connectivity index (χ3n) is 4.11. The number of likely N-dealkylation sites (N-methyl/N-ethyl adjacent to an activating group) is 1. The molecule has 1 heterocycles. The number of imidazole rings is 1. The van der Waals surface area contributed by atoms with E-state index in [1.807, 2.05) is 40.7 Å². The van der Waals surface area contributed by atoms with Crippen molar-refractivity contribution in [1.29, 1.82) is 0 Å². The Morgan fingerprint density at radius 3 is 2.70 bits per heavy atom. The predicted molar refractivity (Wildman–Crippen MR) is 79.9 cm³/mol. The van der Waals surface area contributed by atoms with Crippen LogP contribution in [0.25, 0.3) is 0 Å². The van der Waals surface area contributed by atoms with Crippen LogP contribution in [0.2, 0.25) is 0 Å². The van der Waals surface area contributed by atoms with Gasteiger partial charge in [-0.25, -0.2) is 4.79 Å². The quantitative estimate of drug-likeness (QED) is 0.906. The highest BCUT2D eigenvalue weighted by molar-refractivity contribution is 5.28. The van der Waals surface area contributed by atoms with Gasteiger partial charge in [-0.15, -0.1) is 0 Å². The van der Waals surface area contributed by atoms with Crippen molar-refractivity contribution in [2.45, 2.75) is 38.4 Å². The molecule has 4 heteroatoms. The van der Waals surface area contributed by atoms with Crippen LogP contribution in [0.5, 0.6) is 0 Å². The van der Waals surface area contributed by atoms with Gasteiger partial charge in [0.2, 0.25) is 0 Å². The van der Waals surface area contributed by atoms with Gasteiger partial charge in [-0.2, -0.15) is 0 Å². The van der Waals surface area contributed by atoms with Crippen LogP contribution in [0.4, 0.5) is 0 Å². The van der Waals surface area contributed by atoms with Gasteiger partial charge in [0.25, 0.3) is 0 Å². The molecular formula is C16H21N3O. The van der Waals surface area contributed by atoms with E-state index in [4.69, 9.17) is 0 Å².